The molecule has 0 aromatic heterocycles. The summed E-state index contributed by atoms with van der Waals surface area (Å²) in [6.45, 7) is 8.19. The van der Waals surface area contributed by atoms with E-state index in [0.29, 0.717) is 25.3 Å². The lowest BCUT2D eigenvalue weighted by Gasteiger charge is -2.37. The minimum Gasteiger partial charge on any atom is -0.486 e. The smallest absolute Gasteiger partial charge is 0.317 e. The summed E-state index contributed by atoms with van der Waals surface area (Å²) in [5.74, 6) is -0.375. The van der Waals surface area contributed by atoms with Crippen molar-refractivity contribution in [2.45, 2.75) is 64.4 Å². The number of fused-ring (bicyclic) bond motifs is 1. The second-order valence-corrected chi connectivity index (χ2v) is 10.0. The third-order valence-electron chi connectivity index (χ3n) is 6.66. The molecule has 0 saturated carbocycles. The first kappa shape index (κ1) is 25.7. The molecule has 10 heteroatoms. The molecule has 3 rings (SSSR count). The number of ether oxygens (including phenoxy) is 1. The van der Waals surface area contributed by atoms with Crippen LogP contribution in [0.1, 0.15) is 34.1 Å². The highest BCUT2D eigenvalue weighted by atomic mass is 19.1. The summed E-state index contributed by atoms with van der Waals surface area (Å²) in [6, 6.07) is 3.63. The van der Waals surface area contributed by atoms with Gasteiger partial charge in [0.1, 0.15) is 23.7 Å². The number of likely N-dealkylation sites (tertiary alicyclic amines) is 2. The zero-order valence-corrected chi connectivity index (χ0v) is 20.7. The molecule has 2 fully saturated rings. The number of halogens is 1. The van der Waals surface area contributed by atoms with Gasteiger partial charge in [-0.05, 0) is 50.1 Å². The zero-order valence-electron chi connectivity index (χ0n) is 20.7. The van der Waals surface area contributed by atoms with Gasteiger partial charge in [-0.15, -0.1) is 0 Å². The number of amides is 4. The quantitative estimate of drug-likeness (QED) is 0.574. The fraction of sp³-hybridized carbons (Fsp3) is 0.625. The summed E-state index contributed by atoms with van der Waals surface area (Å²) in [5, 5.41) is 8.47. The monoisotopic (exact) mass is 477 g/mol. The van der Waals surface area contributed by atoms with Crippen molar-refractivity contribution < 1.29 is 23.5 Å². The first-order valence-electron chi connectivity index (χ1n) is 11.7. The second kappa shape index (κ2) is 10.2. The Morgan fingerprint density at radius 3 is 2.32 bits per heavy atom. The van der Waals surface area contributed by atoms with Crippen LogP contribution in [0.3, 0.4) is 0 Å². The van der Waals surface area contributed by atoms with E-state index in [1.54, 1.807) is 30.8 Å². The molecule has 1 aromatic rings. The Balaban J connectivity index is 1.89. The number of carbonyl (C=O) groups is 3. The predicted molar refractivity (Wildman–Crippen MR) is 126 cm³/mol. The third kappa shape index (κ3) is 5.27. The zero-order chi connectivity index (χ0) is 25.2. The number of likely N-dealkylation sites (N-methyl/N-ethyl adjacent to an activating group) is 1. The Bertz CT molecular complexity index is 904. The van der Waals surface area contributed by atoms with Gasteiger partial charge >= 0.3 is 6.03 Å². The number of nitrogens with one attached hydrogen (secondary N) is 3. The van der Waals surface area contributed by atoms with Crippen molar-refractivity contribution in [3.63, 3.8) is 0 Å². The van der Waals surface area contributed by atoms with Gasteiger partial charge in [-0.3, -0.25) is 9.59 Å². The van der Waals surface area contributed by atoms with E-state index in [4.69, 9.17) is 4.74 Å². The lowest BCUT2D eigenvalue weighted by Crippen LogP contribution is -2.59. The average molecular weight is 478 g/mol. The highest BCUT2D eigenvalue weighted by Gasteiger charge is 2.54. The summed E-state index contributed by atoms with van der Waals surface area (Å²) in [4.78, 5) is 42.5. The van der Waals surface area contributed by atoms with Crippen LogP contribution in [-0.2, 0) is 9.59 Å². The molecular weight excluding hydrogens is 441 g/mol. The Hall–Kier alpha value is -2.88. The highest BCUT2D eigenvalue weighted by Crippen LogP contribution is 2.36. The molecule has 3 N–H and O–H groups in total. The topological polar surface area (TPSA) is 103 Å². The van der Waals surface area contributed by atoms with Gasteiger partial charge in [0.25, 0.3) is 0 Å². The first-order valence-corrected chi connectivity index (χ1v) is 11.7. The van der Waals surface area contributed by atoms with Gasteiger partial charge in [0.2, 0.25) is 11.8 Å². The van der Waals surface area contributed by atoms with Crippen molar-refractivity contribution >= 4 is 17.8 Å². The van der Waals surface area contributed by atoms with E-state index in [2.05, 4.69) is 16.0 Å². The first-order chi connectivity index (χ1) is 16.0. The molecule has 4 amide bonds. The maximum atomic E-state index is 13.8. The van der Waals surface area contributed by atoms with Crippen LogP contribution in [0.4, 0.5) is 9.18 Å². The van der Waals surface area contributed by atoms with Gasteiger partial charge < -0.3 is 30.5 Å². The van der Waals surface area contributed by atoms with Gasteiger partial charge in [-0.25, -0.2) is 9.18 Å². The van der Waals surface area contributed by atoms with Crippen LogP contribution >= 0.6 is 0 Å². The molecule has 188 valence electrons. The number of rotatable bonds is 6. The van der Waals surface area contributed by atoms with E-state index < -0.39 is 29.6 Å². The molecule has 0 radical (unpaired) electrons. The minimum absolute atomic E-state index is 0.205. The Morgan fingerprint density at radius 1 is 1.12 bits per heavy atom. The van der Waals surface area contributed by atoms with Crippen LogP contribution in [0.5, 0.6) is 5.75 Å². The molecule has 5 unspecified atom stereocenters. The molecule has 9 nitrogen and oxygen atoms in total. The molecule has 0 spiro atoms. The molecule has 0 aliphatic carbocycles. The minimum atomic E-state index is -0.755. The third-order valence-corrected chi connectivity index (χ3v) is 6.66. The highest BCUT2D eigenvalue weighted by molar-refractivity contribution is 5.90. The van der Waals surface area contributed by atoms with Gasteiger partial charge in [0.15, 0.2) is 0 Å². The van der Waals surface area contributed by atoms with Crippen molar-refractivity contribution in [2.75, 3.05) is 27.2 Å². The summed E-state index contributed by atoms with van der Waals surface area (Å²) in [5.41, 5.74) is -0.537. The second-order valence-electron chi connectivity index (χ2n) is 10.0. The van der Waals surface area contributed by atoms with E-state index in [1.807, 2.05) is 20.8 Å². The van der Waals surface area contributed by atoms with Gasteiger partial charge in [0.05, 0.1) is 24.7 Å². The Morgan fingerprint density at radius 2 is 1.76 bits per heavy atom. The maximum absolute atomic E-state index is 13.8. The number of urea groups is 1. The van der Waals surface area contributed by atoms with E-state index in [-0.39, 0.29) is 29.7 Å². The number of hydrogen-bond donors (Lipinski definition) is 3. The molecule has 34 heavy (non-hydrogen) atoms. The Labute approximate surface area is 200 Å². The lowest BCUT2D eigenvalue weighted by molar-refractivity contribution is -0.141. The molecule has 2 aliphatic rings. The molecule has 2 heterocycles. The fourth-order valence-electron chi connectivity index (χ4n) is 4.67. The van der Waals surface area contributed by atoms with Crippen molar-refractivity contribution in [1.29, 1.82) is 0 Å². The SMILES string of the molecule is CNC(=O)N1CC(Oc2ccc(F)cc2)C2C1CCN2C(=O)C(NC(=O)C(C)NC)C(C)(C)C. The Kier molecular flexibility index (Phi) is 7.70. The number of carbonyl (C=O) groups excluding carboxylic acids is 3. The van der Waals surface area contributed by atoms with Crippen molar-refractivity contribution in [1.82, 2.24) is 25.8 Å². The van der Waals surface area contributed by atoms with Crippen molar-refractivity contribution in [3.05, 3.63) is 30.1 Å². The molecule has 0 bridgehead atoms. The predicted octanol–water partition coefficient (Wildman–Crippen LogP) is 1.34. The fourth-order valence-corrected chi connectivity index (χ4v) is 4.67. The number of benzene rings is 1. The van der Waals surface area contributed by atoms with Gasteiger partial charge in [0, 0.05) is 13.6 Å². The van der Waals surface area contributed by atoms with Crippen LogP contribution in [0.15, 0.2) is 24.3 Å². The van der Waals surface area contributed by atoms with E-state index in [1.165, 1.54) is 24.3 Å². The summed E-state index contributed by atoms with van der Waals surface area (Å²) >= 11 is 0. The molecule has 2 saturated heterocycles. The van der Waals surface area contributed by atoms with Crippen LogP contribution in [0, 0.1) is 11.2 Å². The number of hydrogen-bond acceptors (Lipinski definition) is 5. The summed E-state index contributed by atoms with van der Waals surface area (Å²) < 4.78 is 19.5. The van der Waals surface area contributed by atoms with Crippen molar-refractivity contribution in [2.24, 2.45) is 5.41 Å². The molecule has 2 aliphatic heterocycles. The summed E-state index contributed by atoms with van der Waals surface area (Å²) in [6.07, 6.45) is 0.108. The largest absolute Gasteiger partial charge is 0.486 e. The standard InChI is InChI=1S/C24H36FN5O4/c1-14(26-5)21(31)28-20(24(2,3)4)22(32)29-12-11-17-19(29)18(13-30(17)23(33)27-6)34-16-9-7-15(25)8-10-16/h7-10,14,17-20,26H,11-13H2,1-6H3,(H,27,33)(H,28,31). The summed E-state index contributed by atoms with van der Waals surface area (Å²) in [7, 11) is 3.25. The van der Waals surface area contributed by atoms with E-state index in [0.717, 1.165) is 0 Å². The normalized spacial score (nSPS) is 23.8. The van der Waals surface area contributed by atoms with Gasteiger partial charge in [-0.1, -0.05) is 20.8 Å². The van der Waals surface area contributed by atoms with Crippen LogP contribution < -0.4 is 20.7 Å². The van der Waals surface area contributed by atoms with E-state index in [9.17, 15) is 18.8 Å². The number of nitrogens with zero attached hydrogens (tertiary/aromatic N) is 2. The van der Waals surface area contributed by atoms with Crippen molar-refractivity contribution in [3.8, 4) is 5.75 Å². The van der Waals surface area contributed by atoms with E-state index >= 15 is 0 Å². The molecule has 1 aromatic carbocycles. The van der Waals surface area contributed by atoms with Crippen LogP contribution in [0.2, 0.25) is 0 Å². The van der Waals surface area contributed by atoms with Gasteiger partial charge in [-0.2, -0.15) is 0 Å². The molecule has 5 atom stereocenters. The average Bonchev–Trinajstić information content (AvgIpc) is 3.38. The maximum Gasteiger partial charge on any atom is 0.317 e. The van der Waals surface area contributed by atoms with Crippen LogP contribution in [-0.4, -0.2) is 85.1 Å². The lowest BCUT2D eigenvalue weighted by atomic mass is 9.85. The van der Waals surface area contributed by atoms with Crippen LogP contribution in [0.25, 0.3) is 0 Å². The molecular formula is C24H36FN5O4.